The molecule has 0 aliphatic carbocycles. The van der Waals surface area contributed by atoms with E-state index in [4.69, 9.17) is 32.7 Å². The van der Waals surface area contributed by atoms with Crippen LogP contribution < -0.4 is 0 Å². The van der Waals surface area contributed by atoms with Gasteiger partial charge >= 0.3 is 0 Å². The Morgan fingerprint density at radius 3 is 2.10 bits per heavy atom. The van der Waals surface area contributed by atoms with Gasteiger partial charge in [-0.3, -0.25) is 9.69 Å². The molecule has 3 atom stereocenters. The van der Waals surface area contributed by atoms with Gasteiger partial charge in [-0.25, -0.2) is 0 Å². The van der Waals surface area contributed by atoms with Gasteiger partial charge in [0, 0.05) is 36.7 Å². The van der Waals surface area contributed by atoms with Crippen LogP contribution in [0.3, 0.4) is 0 Å². The Labute approximate surface area is 187 Å². The summed E-state index contributed by atoms with van der Waals surface area (Å²) in [4.78, 5) is 17.3. The van der Waals surface area contributed by atoms with Crippen molar-refractivity contribution in [2.45, 2.75) is 24.7 Å². The Hall–Kier alpha value is -1.63. The Bertz CT molecular complexity index is 854. The molecule has 2 aromatic carbocycles. The lowest BCUT2D eigenvalue weighted by molar-refractivity contribution is -0.172. The molecule has 0 N–H and O–H groups in total. The zero-order chi connectivity index (χ0) is 21.1. The number of carbonyl (C=O) groups excluding carboxylic acids is 1. The quantitative estimate of drug-likeness (QED) is 0.681. The second-order valence-corrected chi connectivity index (χ2v) is 8.66. The van der Waals surface area contributed by atoms with Crippen LogP contribution in [0.25, 0.3) is 0 Å². The zero-order valence-electron chi connectivity index (χ0n) is 17.0. The van der Waals surface area contributed by atoms with Gasteiger partial charge in [-0.05, 0) is 41.8 Å². The van der Waals surface area contributed by atoms with Gasteiger partial charge in [-0.1, -0.05) is 47.5 Å². The fourth-order valence-electron chi connectivity index (χ4n) is 4.16. The fraction of sp³-hybridized carbons (Fsp3) is 0.435. The lowest BCUT2D eigenvalue weighted by Crippen LogP contribution is -2.50. The molecule has 160 valence electrons. The summed E-state index contributed by atoms with van der Waals surface area (Å²) in [5.74, 6) is 0.00780. The molecular formula is C23H26Cl2N2O3. The van der Waals surface area contributed by atoms with E-state index in [1.807, 2.05) is 60.5 Å². The maximum absolute atomic E-state index is 13.2. The highest BCUT2D eigenvalue weighted by Crippen LogP contribution is 2.42. The van der Waals surface area contributed by atoms with Gasteiger partial charge in [0.15, 0.2) is 0 Å². The van der Waals surface area contributed by atoms with Crippen LogP contribution in [0.4, 0.5) is 0 Å². The monoisotopic (exact) mass is 448 g/mol. The van der Waals surface area contributed by atoms with Gasteiger partial charge in [-0.2, -0.15) is 0 Å². The summed E-state index contributed by atoms with van der Waals surface area (Å²) < 4.78 is 11.9. The molecule has 0 spiro atoms. The molecule has 7 heteroatoms. The first-order chi connectivity index (χ1) is 14.5. The molecule has 0 bridgehead atoms. The van der Waals surface area contributed by atoms with Crippen molar-refractivity contribution in [3.63, 3.8) is 0 Å². The van der Waals surface area contributed by atoms with Crippen molar-refractivity contribution < 1.29 is 14.3 Å². The molecule has 2 fully saturated rings. The van der Waals surface area contributed by atoms with Gasteiger partial charge in [0.1, 0.15) is 12.2 Å². The Morgan fingerprint density at radius 2 is 1.50 bits per heavy atom. The topological polar surface area (TPSA) is 42.0 Å². The molecule has 4 rings (SSSR count). The third-order valence-corrected chi connectivity index (χ3v) is 6.36. The molecule has 2 heterocycles. The third kappa shape index (κ3) is 4.82. The molecule has 2 aliphatic rings. The predicted octanol–water partition coefficient (Wildman–Crippen LogP) is 4.36. The summed E-state index contributed by atoms with van der Waals surface area (Å²) in [6, 6.07) is 15.0. The van der Waals surface area contributed by atoms with Crippen molar-refractivity contribution in [3.05, 3.63) is 69.7 Å². The van der Waals surface area contributed by atoms with E-state index in [2.05, 4.69) is 4.90 Å². The Kier molecular flexibility index (Phi) is 6.96. The van der Waals surface area contributed by atoms with Crippen molar-refractivity contribution in [3.8, 4) is 0 Å². The van der Waals surface area contributed by atoms with E-state index in [0.29, 0.717) is 16.5 Å². The maximum Gasteiger partial charge on any atom is 0.252 e. The van der Waals surface area contributed by atoms with E-state index in [0.717, 1.165) is 44.0 Å². The van der Waals surface area contributed by atoms with Crippen LogP contribution in [0.5, 0.6) is 0 Å². The van der Waals surface area contributed by atoms with E-state index >= 15 is 0 Å². The predicted molar refractivity (Wildman–Crippen MR) is 118 cm³/mol. The zero-order valence-corrected chi connectivity index (χ0v) is 18.5. The highest BCUT2D eigenvalue weighted by atomic mass is 35.5. The van der Waals surface area contributed by atoms with Crippen LogP contribution in [0, 0.1) is 0 Å². The molecule has 1 amide bonds. The summed E-state index contributed by atoms with van der Waals surface area (Å²) in [6.07, 6.45) is -0.122. The first-order valence-electron chi connectivity index (χ1n) is 10.3. The SMILES string of the molecule is CN1C(=O)[C@@H](CCN2CCOCC2)O[C@H](c2ccc(Cl)cc2)C1c1ccc(Cl)cc1. The molecule has 2 aromatic rings. The highest BCUT2D eigenvalue weighted by Gasteiger charge is 2.42. The Morgan fingerprint density at radius 1 is 0.933 bits per heavy atom. The number of amides is 1. The minimum atomic E-state index is -0.484. The number of hydrogen-bond acceptors (Lipinski definition) is 4. The minimum absolute atomic E-state index is 0.00780. The molecule has 0 saturated carbocycles. The summed E-state index contributed by atoms with van der Waals surface area (Å²) >= 11 is 12.2. The van der Waals surface area contributed by atoms with Gasteiger partial charge in [0.2, 0.25) is 0 Å². The highest BCUT2D eigenvalue weighted by molar-refractivity contribution is 6.30. The molecule has 1 unspecified atom stereocenters. The van der Waals surface area contributed by atoms with Gasteiger partial charge in [0.25, 0.3) is 5.91 Å². The van der Waals surface area contributed by atoms with Gasteiger partial charge in [-0.15, -0.1) is 0 Å². The number of rotatable bonds is 5. The molecule has 2 saturated heterocycles. The number of hydrogen-bond donors (Lipinski definition) is 0. The molecule has 30 heavy (non-hydrogen) atoms. The lowest BCUT2D eigenvalue weighted by atomic mass is 9.91. The van der Waals surface area contributed by atoms with Crippen LogP contribution in [0.15, 0.2) is 48.5 Å². The van der Waals surface area contributed by atoms with E-state index in [9.17, 15) is 4.79 Å². The largest absolute Gasteiger partial charge is 0.379 e. The van der Waals surface area contributed by atoms with Gasteiger partial charge in [0.05, 0.1) is 19.3 Å². The van der Waals surface area contributed by atoms with Crippen LogP contribution in [-0.4, -0.2) is 61.7 Å². The first-order valence-corrected chi connectivity index (χ1v) is 11.0. The van der Waals surface area contributed by atoms with Crippen LogP contribution >= 0.6 is 23.2 Å². The van der Waals surface area contributed by atoms with Crippen molar-refractivity contribution in [2.75, 3.05) is 39.9 Å². The van der Waals surface area contributed by atoms with E-state index in [1.165, 1.54) is 0 Å². The number of benzene rings is 2. The summed E-state index contributed by atoms with van der Waals surface area (Å²) in [5, 5.41) is 1.33. The number of carbonyl (C=O) groups is 1. The second-order valence-electron chi connectivity index (χ2n) is 7.79. The fourth-order valence-corrected chi connectivity index (χ4v) is 4.42. The number of ether oxygens (including phenoxy) is 2. The molecule has 0 aromatic heterocycles. The van der Waals surface area contributed by atoms with Crippen molar-refractivity contribution in [1.82, 2.24) is 9.80 Å². The average molecular weight is 449 g/mol. The maximum atomic E-state index is 13.2. The minimum Gasteiger partial charge on any atom is -0.379 e. The van der Waals surface area contributed by atoms with E-state index in [-0.39, 0.29) is 18.1 Å². The summed E-state index contributed by atoms with van der Waals surface area (Å²) in [5.41, 5.74) is 1.98. The normalized spacial score (nSPS) is 25.5. The lowest BCUT2D eigenvalue weighted by Gasteiger charge is -2.43. The van der Waals surface area contributed by atoms with E-state index < -0.39 is 6.10 Å². The smallest absolute Gasteiger partial charge is 0.252 e. The number of likely N-dealkylation sites (N-methyl/N-ethyl adjacent to an activating group) is 1. The van der Waals surface area contributed by atoms with Crippen LogP contribution in [0.1, 0.15) is 29.7 Å². The van der Waals surface area contributed by atoms with Crippen molar-refractivity contribution >= 4 is 29.1 Å². The first kappa shape index (κ1) is 21.6. The van der Waals surface area contributed by atoms with Crippen molar-refractivity contribution in [1.29, 1.82) is 0 Å². The molecule has 5 nitrogen and oxygen atoms in total. The van der Waals surface area contributed by atoms with E-state index in [1.54, 1.807) is 0 Å². The number of halogens is 2. The van der Waals surface area contributed by atoms with Crippen LogP contribution in [0.2, 0.25) is 10.0 Å². The van der Waals surface area contributed by atoms with Crippen LogP contribution in [-0.2, 0) is 14.3 Å². The molecular weight excluding hydrogens is 423 g/mol. The molecule has 2 aliphatic heterocycles. The average Bonchev–Trinajstić information content (AvgIpc) is 2.77. The number of morpholine rings is 2. The molecule has 0 radical (unpaired) electrons. The Balaban J connectivity index is 1.59. The summed E-state index contributed by atoms with van der Waals surface area (Å²) in [6.45, 7) is 4.08. The van der Waals surface area contributed by atoms with Crippen molar-refractivity contribution in [2.24, 2.45) is 0 Å². The third-order valence-electron chi connectivity index (χ3n) is 5.86. The second kappa shape index (κ2) is 9.67. The summed E-state index contributed by atoms with van der Waals surface area (Å²) in [7, 11) is 1.86. The standard InChI is InChI=1S/C23H26Cl2N2O3/c1-26-21(16-2-6-18(24)7-3-16)22(17-4-8-19(25)9-5-17)30-20(23(26)28)10-11-27-12-14-29-15-13-27/h2-9,20-22H,10-15H2,1H3/t20-,21?,22-/m1/s1. The number of nitrogens with zero attached hydrogens (tertiary/aromatic N) is 2. The van der Waals surface area contributed by atoms with Gasteiger partial charge < -0.3 is 14.4 Å².